The van der Waals surface area contributed by atoms with Crippen molar-refractivity contribution in [3.8, 4) is 6.07 Å². The minimum Gasteiger partial charge on any atom is -0.330 e. The fraction of sp³-hybridized carbons (Fsp3) is 0.591. The lowest BCUT2D eigenvalue weighted by atomic mass is 10.0. The molecule has 29 heavy (non-hydrogen) atoms. The molecule has 0 aromatic heterocycles. The second kappa shape index (κ2) is 7.77. The van der Waals surface area contributed by atoms with Crippen LogP contribution >= 0.6 is 0 Å². The van der Waals surface area contributed by atoms with E-state index in [9.17, 15) is 14.9 Å². The summed E-state index contributed by atoms with van der Waals surface area (Å²) < 4.78 is 0. The van der Waals surface area contributed by atoms with Gasteiger partial charge in [0.1, 0.15) is 6.04 Å². The predicted molar refractivity (Wildman–Crippen MR) is 109 cm³/mol. The standard InChI is InChI=1S/C22H29N5O2/c1-14-5-3-6-16(9-14)15(2)27-18-10-20(22(27)29)25(12-18)13-19(24)21(28)26-8-4-7-17(26)11-23/h3,5-6,9,15,17-20H,4,7-8,10,12-13,24H2,1-2H3/t15-,17-,18?,19-,20+/m0/s1. The molecule has 1 unspecified atom stereocenters. The van der Waals surface area contributed by atoms with Crippen LogP contribution in [0, 0.1) is 18.3 Å². The molecule has 0 aliphatic carbocycles. The highest BCUT2D eigenvalue weighted by Gasteiger charge is 2.51. The second-order valence-corrected chi connectivity index (χ2v) is 8.62. The summed E-state index contributed by atoms with van der Waals surface area (Å²) in [5.41, 5.74) is 8.55. The maximum atomic E-state index is 13.1. The summed E-state index contributed by atoms with van der Waals surface area (Å²) in [5.74, 6) is -0.0414. The van der Waals surface area contributed by atoms with Crippen molar-refractivity contribution in [2.75, 3.05) is 19.6 Å². The van der Waals surface area contributed by atoms with Crippen molar-refractivity contribution in [2.24, 2.45) is 5.73 Å². The molecule has 0 radical (unpaired) electrons. The SMILES string of the molecule is Cc1cccc([C@H](C)N2C(=O)[C@H]3CC2CN3C[C@H](N)C(=O)N2CCC[C@H]2C#N)c1. The molecule has 1 aromatic carbocycles. The van der Waals surface area contributed by atoms with Crippen molar-refractivity contribution in [2.45, 2.75) is 63.3 Å². The van der Waals surface area contributed by atoms with Gasteiger partial charge in [0, 0.05) is 25.7 Å². The van der Waals surface area contributed by atoms with Gasteiger partial charge in [-0.05, 0) is 38.7 Å². The number of amides is 2. The van der Waals surface area contributed by atoms with E-state index in [1.165, 1.54) is 5.56 Å². The summed E-state index contributed by atoms with van der Waals surface area (Å²) in [6.07, 6.45) is 2.35. The van der Waals surface area contributed by atoms with Crippen molar-refractivity contribution in [3.05, 3.63) is 35.4 Å². The third kappa shape index (κ3) is 3.52. The van der Waals surface area contributed by atoms with Gasteiger partial charge in [0.2, 0.25) is 11.8 Å². The van der Waals surface area contributed by atoms with Crippen LogP contribution in [0.15, 0.2) is 24.3 Å². The third-order valence-corrected chi connectivity index (χ3v) is 6.69. The fourth-order valence-electron chi connectivity index (χ4n) is 5.20. The van der Waals surface area contributed by atoms with E-state index in [4.69, 9.17) is 5.73 Å². The van der Waals surface area contributed by atoms with Gasteiger partial charge in [-0.3, -0.25) is 14.5 Å². The first kappa shape index (κ1) is 19.9. The number of aryl methyl sites for hydroxylation is 1. The number of carbonyl (C=O) groups excluding carboxylic acids is 2. The van der Waals surface area contributed by atoms with E-state index in [2.05, 4.69) is 43.0 Å². The topological polar surface area (TPSA) is 93.7 Å². The van der Waals surface area contributed by atoms with E-state index < -0.39 is 6.04 Å². The smallest absolute Gasteiger partial charge is 0.241 e. The van der Waals surface area contributed by atoms with Gasteiger partial charge in [-0.2, -0.15) is 5.26 Å². The summed E-state index contributed by atoms with van der Waals surface area (Å²) >= 11 is 0. The van der Waals surface area contributed by atoms with Crippen LogP contribution in [0.1, 0.15) is 43.4 Å². The molecule has 7 heteroatoms. The number of rotatable bonds is 5. The average molecular weight is 396 g/mol. The number of benzene rings is 1. The number of nitrogens with zero attached hydrogens (tertiary/aromatic N) is 4. The Bertz CT molecular complexity index is 850. The lowest BCUT2D eigenvalue weighted by Crippen LogP contribution is -2.56. The van der Waals surface area contributed by atoms with Gasteiger partial charge in [0.25, 0.3) is 0 Å². The highest BCUT2D eigenvalue weighted by molar-refractivity contribution is 5.87. The lowest BCUT2D eigenvalue weighted by Gasteiger charge is -2.38. The van der Waals surface area contributed by atoms with Crippen molar-refractivity contribution in [1.82, 2.24) is 14.7 Å². The molecule has 0 spiro atoms. The molecule has 4 rings (SSSR count). The number of nitriles is 1. The number of hydrogen-bond donors (Lipinski definition) is 1. The number of carbonyl (C=O) groups is 2. The van der Waals surface area contributed by atoms with Crippen molar-refractivity contribution >= 4 is 11.8 Å². The van der Waals surface area contributed by atoms with Crippen LogP contribution in [-0.4, -0.2) is 70.3 Å². The molecule has 7 nitrogen and oxygen atoms in total. The van der Waals surface area contributed by atoms with Crippen LogP contribution in [0.5, 0.6) is 0 Å². The Kier molecular flexibility index (Phi) is 5.32. The number of hydrogen-bond acceptors (Lipinski definition) is 5. The molecule has 3 aliphatic rings. The maximum Gasteiger partial charge on any atom is 0.241 e. The van der Waals surface area contributed by atoms with Crippen LogP contribution in [0.3, 0.4) is 0 Å². The van der Waals surface area contributed by atoms with Gasteiger partial charge in [0.15, 0.2) is 0 Å². The number of likely N-dealkylation sites (tertiary alicyclic amines) is 3. The number of piperazine rings is 1. The van der Waals surface area contributed by atoms with Crippen LogP contribution in [0.4, 0.5) is 0 Å². The Morgan fingerprint density at radius 3 is 2.90 bits per heavy atom. The zero-order valence-electron chi connectivity index (χ0n) is 17.1. The highest BCUT2D eigenvalue weighted by atomic mass is 16.2. The molecule has 3 saturated heterocycles. The van der Waals surface area contributed by atoms with E-state index in [1.54, 1.807) is 4.90 Å². The molecule has 3 fully saturated rings. The van der Waals surface area contributed by atoms with Gasteiger partial charge in [-0.25, -0.2) is 0 Å². The van der Waals surface area contributed by atoms with E-state index in [1.807, 2.05) is 11.0 Å². The van der Waals surface area contributed by atoms with Crippen molar-refractivity contribution in [3.63, 3.8) is 0 Å². The first-order chi connectivity index (χ1) is 13.9. The van der Waals surface area contributed by atoms with Gasteiger partial charge in [-0.1, -0.05) is 29.8 Å². The molecule has 2 bridgehead atoms. The zero-order valence-corrected chi connectivity index (χ0v) is 17.1. The first-order valence-electron chi connectivity index (χ1n) is 10.5. The molecule has 5 atom stereocenters. The van der Waals surface area contributed by atoms with E-state index >= 15 is 0 Å². The van der Waals surface area contributed by atoms with E-state index in [-0.39, 0.29) is 36.0 Å². The zero-order chi connectivity index (χ0) is 20.7. The first-order valence-corrected chi connectivity index (χ1v) is 10.5. The van der Waals surface area contributed by atoms with E-state index in [0.29, 0.717) is 19.5 Å². The van der Waals surface area contributed by atoms with Crippen molar-refractivity contribution in [1.29, 1.82) is 5.26 Å². The average Bonchev–Trinajstić information content (AvgIpc) is 3.41. The minimum absolute atomic E-state index is 0.0378. The summed E-state index contributed by atoms with van der Waals surface area (Å²) in [4.78, 5) is 31.5. The monoisotopic (exact) mass is 395 g/mol. The molecule has 0 saturated carbocycles. The second-order valence-electron chi connectivity index (χ2n) is 8.62. The number of fused-ring (bicyclic) bond motifs is 2. The summed E-state index contributed by atoms with van der Waals surface area (Å²) in [5, 5.41) is 9.22. The van der Waals surface area contributed by atoms with Crippen LogP contribution in [-0.2, 0) is 9.59 Å². The molecule has 1 aromatic rings. The summed E-state index contributed by atoms with van der Waals surface area (Å²) in [6.45, 7) is 5.85. The maximum absolute atomic E-state index is 13.1. The Labute approximate surface area is 172 Å². The third-order valence-electron chi connectivity index (χ3n) is 6.69. The summed E-state index contributed by atoms with van der Waals surface area (Å²) in [7, 11) is 0. The normalized spacial score (nSPS) is 28.6. The van der Waals surface area contributed by atoms with Crippen LogP contribution in [0.25, 0.3) is 0 Å². The fourth-order valence-corrected chi connectivity index (χ4v) is 5.20. The molecular formula is C22H29N5O2. The van der Waals surface area contributed by atoms with Gasteiger partial charge in [-0.15, -0.1) is 0 Å². The molecule has 154 valence electrons. The Morgan fingerprint density at radius 2 is 2.21 bits per heavy atom. The van der Waals surface area contributed by atoms with Crippen LogP contribution in [0.2, 0.25) is 0 Å². The quantitative estimate of drug-likeness (QED) is 0.808. The summed E-state index contributed by atoms with van der Waals surface area (Å²) in [6, 6.07) is 9.43. The molecule has 3 heterocycles. The highest BCUT2D eigenvalue weighted by Crippen LogP contribution is 2.38. The Morgan fingerprint density at radius 1 is 1.41 bits per heavy atom. The van der Waals surface area contributed by atoms with Gasteiger partial charge < -0.3 is 15.5 Å². The van der Waals surface area contributed by atoms with E-state index in [0.717, 1.165) is 24.9 Å². The molecule has 3 aliphatic heterocycles. The van der Waals surface area contributed by atoms with Gasteiger partial charge in [0.05, 0.1) is 24.2 Å². The lowest BCUT2D eigenvalue weighted by molar-refractivity contribution is -0.140. The molecule has 2 N–H and O–H groups in total. The molecular weight excluding hydrogens is 366 g/mol. The number of nitrogens with two attached hydrogens (primary N) is 1. The Hall–Kier alpha value is -2.43. The van der Waals surface area contributed by atoms with Crippen LogP contribution < -0.4 is 5.73 Å². The largest absolute Gasteiger partial charge is 0.330 e. The van der Waals surface area contributed by atoms with Gasteiger partial charge >= 0.3 is 0 Å². The van der Waals surface area contributed by atoms with Crippen molar-refractivity contribution < 1.29 is 9.59 Å². The minimum atomic E-state index is -0.696. The predicted octanol–water partition coefficient (Wildman–Crippen LogP) is 1.18. The molecule has 2 amide bonds. The Balaban J connectivity index is 1.40.